The van der Waals surface area contributed by atoms with E-state index in [1.807, 2.05) is 51.1 Å². The predicted octanol–water partition coefficient (Wildman–Crippen LogP) is 4.01. The molecule has 1 saturated heterocycles. The van der Waals surface area contributed by atoms with Crippen LogP contribution in [0.3, 0.4) is 0 Å². The molecular weight excluding hydrogens is 382 g/mol. The number of hydrogen-bond donors (Lipinski definition) is 1. The van der Waals surface area contributed by atoms with Crippen molar-refractivity contribution >= 4 is 12.2 Å². The SMILES string of the molecule is CC(C)(C)OC(=O)N1CCC(CN(CCCCN)C(=O)OCc2ccccc2)CC1. The van der Waals surface area contributed by atoms with E-state index in [4.69, 9.17) is 15.2 Å². The summed E-state index contributed by atoms with van der Waals surface area (Å²) >= 11 is 0. The fourth-order valence-corrected chi connectivity index (χ4v) is 3.45. The van der Waals surface area contributed by atoms with Crippen molar-refractivity contribution in [2.75, 3.05) is 32.7 Å². The monoisotopic (exact) mass is 419 g/mol. The van der Waals surface area contributed by atoms with E-state index in [1.165, 1.54) is 0 Å². The Kier molecular flexibility index (Phi) is 9.43. The van der Waals surface area contributed by atoms with Crippen LogP contribution in [-0.2, 0) is 16.1 Å². The summed E-state index contributed by atoms with van der Waals surface area (Å²) in [6, 6.07) is 9.69. The zero-order valence-electron chi connectivity index (χ0n) is 18.6. The van der Waals surface area contributed by atoms with Gasteiger partial charge in [0, 0.05) is 26.2 Å². The number of nitrogens with two attached hydrogens (primary N) is 1. The van der Waals surface area contributed by atoms with Crippen molar-refractivity contribution in [3.05, 3.63) is 35.9 Å². The summed E-state index contributed by atoms with van der Waals surface area (Å²) in [5.41, 5.74) is 6.09. The van der Waals surface area contributed by atoms with Gasteiger partial charge in [-0.15, -0.1) is 0 Å². The van der Waals surface area contributed by atoms with Gasteiger partial charge in [-0.1, -0.05) is 30.3 Å². The molecular formula is C23H37N3O4. The molecule has 1 heterocycles. The Morgan fingerprint density at radius 1 is 1.13 bits per heavy atom. The van der Waals surface area contributed by atoms with Gasteiger partial charge < -0.3 is 25.0 Å². The molecule has 30 heavy (non-hydrogen) atoms. The molecule has 2 rings (SSSR count). The molecule has 7 heteroatoms. The number of rotatable bonds is 8. The fourth-order valence-electron chi connectivity index (χ4n) is 3.45. The van der Waals surface area contributed by atoms with Crippen molar-refractivity contribution in [1.29, 1.82) is 0 Å². The normalized spacial score (nSPS) is 15.0. The van der Waals surface area contributed by atoms with Crippen LogP contribution in [0.2, 0.25) is 0 Å². The van der Waals surface area contributed by atoms with Crippen LogP contribution < -0.4 is 5.73 Å². The average molecular weight is 420 g/mol. The molecule has 2 N–H and O–H groups in total. The molecule has 2 amide bonds. The second-order valence-corrected chi connectivity index (χ2v) is 8.89. The number of carbonyl (C=O) groups excluding carboxylic acids is 2. The summed E-state index contributed by atoms with van der Waals surface area (Å²) in [5, 5.41) is 0. The Labute approximate surface area is 180 Å². The second kappa shape index (κ2) is 11.8. The zero-order valence-corrected chi connectivity index (χ0v) is 18.6. The van der Waals surface area contributed by atoms with Gasteiger partial charge >= 0.3 is 12.2 Å². The van der Waals surface area contributed by atoms with Crippen molar-refractivity contribution < 1.29 is 19.1 Å². The molecule has 7 nitrogen and oxygen atoms in total. The van der Waals surface area contributed by atoms with Crippen LogP contribution in [0.5, 0.6) is 0 Å². The van der Waals surface area contributed by atoms with Crippen LogP contribution in [0, 0.1) is 5.92 Å². The third-order valence-corrected chi connectivity index (χ3v) is 5.09. The highest BCUT2D eigenvalue weighted by atomic mass is 16.6. The van der Waals surface area contributed by atoms with Crippen LogP contribution in [0.4, 0.5) is 9.59 Å². The summed E-state index contributed by atoms with van der Waals surface area (Å²) in [7, 11) is 0. The highest BCUT2D eigenvalue weighted by Gasteiger charge is 2.29. The molecule has 0 radical (unpaired) electrons. The Morgan fingerprint density at radius 3 is 2.40 bits per heavy atom. The average Bonchev–Trinajstić information content (AvgIpc) is 2.71. The van der Waals surface area contributed by atoms with E-state index in [0.29, 0.717) is 38.6 Å². The molecule has 0 aromatic heterocycles. The lowest BCUT2D eigenvalue weighted by Crippen LogP contribution is -2.44. The molecule has 0 saturated carbocycles. The maximum Gasteiger partial charge on any atom is 0.410 e. The van der Waals surface area contributed by atoms with Crippen molar-refractivity contribution in [2.45, 2.75) is 58.7 Å². The maximum absolute atomic E-state index is 12.7. The van der Waals surface area contributed by atoms with Crippen molar-refractivity contribution in [3.8, 4) is 0 Å². The van der Waals surface area contributed by atoms with E-state index in [-0.39, 0.29) is 18.8 Å². The minimum atomic E-state index is -0.490. The van der Waals surface area contributed by atoms with Gasteiger partial charge in [-0.25, -0.2) is 9.59 Å². The topological polar surface area (TPSA) is 85.1 Å². The summed E-state index contributed by atoms with van der Waals surface area (Å²) in [4.78, 5) is 28.5. The van der Waals surface area contributed by atoms with Crippen LogP contribution in [0.15, 0.2) is 30.3 Å². The number of unbranched alkanes of at least 4 members (excludes halogenated alkanes) is 1. The lowest BCUT2D eigenvalue weighted by atomic mass is 9.96. The van der Waals surface area contributed by atoms with Crippen molar-refractivity contribution in [2.24, 2.45) is 11.7 Å². The first-order valence-corrected chi connectivity index (χ1v) is 10.9. The van der Waals surface area contributed by atoms with E-state index >= 15 is 0 Å². The molecule has 168 valence electrons. The molecule has 1 aliphatic rings. The lowest BCUT2D eigenvalue weighted by Gasteiger charge is -2.35. The van der Waals surface area contributed by atoms with Gasteiger partial charge in [-0.2, -0.15) is 0 Å². The first-order valence-electron chi connectivity index (χ1n) is 10.9. The van der Waals surface area contributed by atoms with E-state index < -0.39 is 5.60 Å². The quantitative estimate of drug-likeness (QED) is 0.644. The lowest BCUT2D eigenvalue weighted by molar-refractivity contribution is 0.0163. The summed E-state index contributed by atoms with van der Waals surface area (Å²) in [6.07, 6.45) is 2.87. The summed E-state index contributed by atoms with van der Waals surface area (Å²) in [6.45, 7) is 9.07. The fraction of sp³-hybridized carbons (Fsp3) is 0.652. The van der Waals surface area contributed by atoms with Gasteiger partial charge in [0.25, 0.3) is 0 Å². The van der Waals surface area contributed by atoms with Crippen LogP contribution in [0.25, 0.3) is 0 Å². The number of carbonyl (C=O) groups is 2. The minimum absolute atomic E-state index is 0.261. The second-order valence-electron chi connectivity index (χ2n) is 8.89. The highest BCUT2D eigenvalue weighted by Crippen LogP contribution is 2.21. The summed E-state index contributed by atoms with van der Waals surface area (Å²) in [5.74, 6) is 0.339. The van der Waals surface area contributed by atoms with Gasteiger partial charge in [-0.05, 0) is 64.5 Å². The van der Waals surface area contributed by atoms with E-state index in [1.54, 1.807) is 9.80 Å². The number of amides is 2. The number of nitrogens with zero attached hydrogens (tertiary/aromatic N) is 2. The van der Waals surface area contributed by atoms with Crippen molar-refractivity contribution in [3.63, 3.8) is 0 Å². The van der Waals surface area contributed by atoms with Crippen LogP contribution in [-0.4, -0.2) is 60.3 Å². The maximum atomic E-state index is 12.7. The highest BCUT2D eigenvalue weighted by molar-refractivity contribution is 5.68. The number of piperidine rings is 1. The number of benzene rings is 1. The summed E-state index contributed by atoms with van der Waals surface area (Å²) < 4.78 is 11.0. The van der Waals surface area contributed by atoms with Gasteiger partial charge in [0.05, 0.1) is 0 Å². The third-order valence-electron chi connectivity index (χ3n) is 5.09. The number of hydrogen-bond acceptors (Lipinski definition) is 5. The molecule has 1 aromatic carbocycles. The van der Waals surface area contributed by atoms with Gasteiger partial charge in [0.15, 0.2) is 0 Å². The van der Waals surface area contributed by atoms with Gasteiger partial charge in [0.2, 0.25) is 0 Å². The Morgan fingerprint density at radius 2 is 1.80 bits per heavy atom. The molecule has 1 aliphatic heterocycles. The first-order chi connectivity index (χ1) is 14.3. The molecule has 0 bridgehead atoms. The standard InChI is InChI=1S/C23H37N3O4/c1-23(2,3)30-22(28)25-15-11-19(12-16-25)17-26(14-8-7-13-24)21(27)29-18-20-9-5-4-6-10-20/h4-6,9-10,19H,7-8,11-18,24H2,1-3H3. The molecule has 0 spiro atoms. The smallest absolute Gasteiger partial charge is 0.410 e. The van der Waals surface area contributed by atoms with E-state index in [0.717, 1.165) is 31.2 Å². The zero-order chi connectivity index (χ0) is 22.0. The first kappa shape index (κ1) is 24.0. The molecule has 0 atom stereocenters. The van der Waals surface area contributed by atoms with Crippen LogP contribution >= 0.6 is 0 Å². The van der Waals surface area contributed by atoms with Gasteiger partial charge in [-0.3, -0.25) is 0 Å². The Balaban J connectivity index is 1.85. The molecule has 0 unspecified atom stereocenters. The Hall–Kier alpha value is -2.28. The van der Waals surface area contributed by atoms with Gasteiger partial charge in [0.1, 0.15) is 12.2 Å². The molecule has 0 aliphatic carbocycles. The minimum Gasteiger partial charge on any atom is -0.445 e. The van der Waals surface area contributed by atoms with E-state index in [9.17, 15) is 9.59 Å². The van der Waals surface area contributed by atoms with Crippen molar-refractivity contribution in [1.82, 2.24) is 9.80 Å². The number of likely N-dealkylation sites (tertiary alicyclic amines) is 1. The molecule has 1 aromatic rings. The Bertz CT molecular complexity index is 652. The number of ether oxygens (including phenoxy) is 2. The third kappa shape index (κ3) is 8.61. The van der Waals surface area contributed by atoms with E-state index in [2.05, 4.69) is 0 Å². The predicted molar refractivity (Wildman–Crippen MR) is 117 cm³/mol. The van der Waals surface area contributed by atoms with Crippen LogP contribution in [0.1, 0.15) is 52.0 Å². The molecule has 1 fully saturated rings. The largest absolute Gasteiger partial charge is 0.445 e.